The van der Waals surface area contributed by atoms with Crippen molar-refractivity contribution in [3.63, 3.8) is 0 Å². The van der Waals surface area contributed by atoms with Gasteiger partial charge < -0.3 is 15.5 Å². The smallest absolute Gasteiger partial charge is 0.404 e. The highest BCUT2D eigenvalue weighted by molar-refractivity contribution is 7.91. The fourth-order valence-corrected chi connectivity index (χ4v) is 2.80. The van der Waals surface area contributed by atoms with Gasteiger partial charge in [0.2, 0.25) is 0 Å². The molecule has 0 unspecified atom stereocenters. The monoisotopic (exact) mass is 309 g/mol. The van der Waals surface area contributed by atoms with Crippen molar-refractivity contribution in [2.75, 3.05) is 12.8 Å². The number of hydrogen-bond acceptors (Lipinski definition) is 4. The van der Waals surface area contributed by atoms with Crippen LogP contribution in [0.3, 0.4) is 0 Å². The summed E-state index contributed by atoms with van der Waals surface area (Å²) in [4.78, 5) is 9.17. The molecular formula is C11H16ClNO5S. The van der Waals surface area contributed by atoms with Crippen LogP contribution in [-0.4, -0.2) is 37.5 Å². The molecule has 0 bridgehead atoms. The van der Waals surface area contributed by atoms with E-state index in [0.717, 1.165) is 0 Å². The molecule has 0 aromatic heterocycles. The first-order chi connectivity index (χ1) is 8.74. The summed E-state index contributed by atoms with van der Waals surface area (Å²) < 4.78 is 23.2. The van der Waals surface area contributed by atoms with E-state index >= 15 is 0 Å². The van der Waals surface area contributed by atoms with Gasteiger partial charge in [-0.2, -0.15) is 0 Å². The van der Waals surface area contributed by atoms with Crippen LogP contribution in [-0.2, 0) is 9.84 Å². The van der Waals surface area contributed by atoms with Gasteiger partial charge in [0.1, 0.15) is 10.6 Å². The molecule has 0 spiro atoms. The molecule has 0 saturated carbocycles. The van der Waals surface area contributed by atoms with Gasteiger partial charge in [-0.1, -0.05) is 18.5 Å². The number of phenols is 1. The predicted octanol–water partition coefficient (Wildman–Crippen LogP) is 2.11. The lowest BCUT2D eigenvalue weighted by Crippen LogP contribution is -2.13. The van der Waals surface area contributed by atoms with Crippen molar-refractivity contribution in [2.45, 2.75) is 18.2 Å². The maximum atomic E-state index is 11.6. The van der Waals surface area contributed by atoms with Gasteiger partial charge in [0.25, 0.3) is 0 Å². The Morgan fingerprint density at radius 1 is 1.42 bits per heavy atom. The Morgan fingerprint density at radius 2 is 1.95 bits per heavy atom. The van der Waals surface area contributed by atoms with E-state index in [1.165, 1.54) is 25.2 Å². The van der Waals surface area contributed by atoms with Gasteiger partial charge in [-0.05, 0) is 24.6 Å². The van der Waals surface area contributed by atoms with E-state index in [4.69, 9.17) is 16.7 Å². The van der Waals surface area contributed by atoms with Crippen LogP contribution >= 0.6 is 11.6 Å². The summed E-state index contributed by atoms with van der Waals surface area (Å²) in [7, 11) is -2.05. The highest BCUT2D eigenvalue weighted by Gasteiger charge is 2.17. The maximum Gasteiger partial charge on any atom is 0.404 e. The van der Waals surface area contributed by atoms with Crippen LogP contribution in [0.15, 0.2) is 23.1 Å². The lowest BCUT2D eigenvalue weighted by atomic mass is 10.3. The van der Waals surface area contributed by atoms with Crippen molar-refractivity contribution in [1.82, 2.24) is 5.32 Å². The van der Waals surface area contributed by atoms with E-state index in [-0.39, 0.29) is 16.4 Å². The molecule has 6 nitrogen and oxygen atoms in total. The number of sulfone groups is 1. The minimum Gasteiger partial charge on any atom is -0.507 e. The molecule has 1 aromatic carbocycles. The highest BCUT2D eigenvalue weighted by Crippen LogP contribution is 2.27. The number of amides is 1. The average molecular weight is 310 g/mol. The first-order valence-electron chi connectivity index (χ1n) is 5.36. The van der Waals surface area contributed by atoms with Crippen molar-refractivity contribution >= 4 is 27.5 Å². The Hall–Kier alpha value is -1.47. The molecule has 0 fully saturated rings. The number of phenolic OH excluding ortho intramolecular Hbond substituents is 1. The van der Waals surface area contributed by atoms with E-state index in [9.17, 15) is 18.3 Å². The second-order valence-corrected chi connectivity index (χ2v) is 6.00. The summed E-state index contributed by atoms with van der Waals surface area (Å²) in [5.41, 5.74) is 0. The summed E-state index contributed by atoms with van der Waals surface area (Å²) in [6, 6.07) is 3.99. The van der Waals surface area contributed by atoms with E-state index < -0.39 is 15.9 Å². The number of carboxylic acid groups (broad SMARTS) is 1. The van der Waals surface area contributed by atoms with Crippen molar-refractivity contribution in [1.29, 1.82) is 0 Å². The Balaban J connectivity index is 0.000000555. The number of halogens is 1. The molecule has 19 heavy (non-hydrogen) atoms. The van der Waals surface area contributed by atoms with Crippen LogP contribution in [0.25, 0.3) is 0 Å². The molecule has 0 aliphatic rings. The summed E-state index contributed by atoms with van der Waals surface area (Å²) in [6.07, 6.45) is -0.487. The molecule has 0 atom stereocenters. The zero-order chi connectivity index (χ0) is 15.1. The molecule has 0 radical (unpaired) electrons. The molecule has 8 heteroatoms. The second-order valence-electron chi connectivity index (χ2n) is 3.49. The molecule has 3 N–H and O–H groups in total. The number of rotatable bonds is 3. The quantitative estimate of drug-likeness (QED) is 0.793. The Labute approximate surface area is 116 Å². The van der Waals surface area contributed by atoms with E-state index in [0.29, 0.717) is 11.4 Å². The standard InChI is InChI=1S/C9H11ClO3S.C2H5NO2/c1-2-5-14(12,13)9-6-7(10)3-4-8(9)11;1-3-2(4)5/h3-4,6,11H,2,5H2,1H3;3H,1H3,(H,4,5). The number of nitrogens with one attached hydrogen (secondary N) is 1. The van der Waals surface area contributed by atoms with Gasteiger partial charge in [0, 0.05) is 12.1 Å². The van der Waals surface area contributed by atoms with Crippen LogP contribution in [0, 0.1) is 0 Å². The molecule has 0 aliphatic heterocycles. The fraction of sp³-hybridized carbons (Fsp3) is 0.364. The van der Waals surface area contributed by atoms with Crippen molar-refractivity contribution in [3.05, 3.63) is 23.2 Å². The van der Waals surface area contributed by atoms with Crippen molar-refractivity contribution < 1.29 is 23.4 Å². The number of benzene rings is 1. The molecule has 1 amide bonds. The van der Waals surface area contributed by atoms with Crippen LogP contribution in [0.1, 0.15) is 13.3 Å². The minimum absolute atomic E-state index is 0.0148. The van der Waals surface area contributed by atoms with Crippen LogP contribution in [0.4, 0.5) is 4.79 Å². The lowest BCUT2D eigenvalue weighted by molar-refractivity contribution is 0.197. The summed E-state index contributed by atoms with van der Waals surface area (Å²) in [5.74, 6) is -0.233. The molecule has 0 aliphatic carbocycles. The Bertz CT molecular complexity index is 530. The van der Waals surface area contributed by atoms with Crippen LogP contribution < -0.4 is 5.32 Å². The van der Waals surface area contributed by atoms with Gasteiger partial charge >= 0.3 is 6.09 Å². The fourth-order valence-electron chi connectivity index (χ4n) is 1.12. The molecule has 1 aromatic rings. The topological polar surface area (TPSA) is 104 Å². The van der Waals surface area contributed by atoms with E-state index in [1.54, 1.807) is 6.92 Å². The number of aromatic hydroxyl groups is 1. The highest BCUT2D eigenvalue weighted by atomic mass is 35.5. The summed E-state index contributed by atoms with van der Waals surface area (Å²) in [6.45, 7) is 1.76. The van der Waals surface area contributed by atoms with E-state index in [2.05, 4.69) is 0 Å². The largest absolute Gasteiger partial charge is 0.507 e. The van der Waals surface area contributed by atoms with Crippen LogP contribution in [0.2, 0.25) is 5.02 Å². The van der Waals surface area contributed by atoms with Gasteiger partial charge in [0.05, 0.1) is 5.75 Å². The third-order valence-electron chi connectivity index (χ3n) is 1.94. The molecule has 0 heterocycles. The van der Waals surface area contributed by atoms with E-state index in [1.807, 2.05) is 5.32 Å². The molecule has 1 rings (SSSR count). The normalized spacial score (nSPS) is 10.3. The first-order valence-corrected chi connectivity index (χ1v) is 7.39. The zero-order valence-corrected chi connectivity index (χ0v) is 12.1. The Morgan fingerprint density at radius 3 is 2.37 bits per heavy atom. The van der Waals surface area contributed by atoms with Gasteiger partial charge in [-0.3, -0.25) is 0 Å². The number of carbonyl (C=O) groups is 1. The Kier molecular flexibility index (Phi) is 7.25. The SMILES string of the molecule is CCCS(=O)(=O)c1cc(Cl)ccc1O.CNC(=O)O. The first kappa shape index (κ1) is 17.5. The lowest BCUT2D eigenvalue weighted by Gasteiger charge is -2.05. The number of hydrogen-bond donors (Lipinski definition) is 3. The minimum atomic E-state index is -3.40. The van der Waals surface area contributed by atoms with Crippen molar-refractivity contribution in [3.8, 4) is 5.75 Å². The summed E-state index contributed by atoms with van der Waals surface area (Å²) in [5, 5.41) is 19.2. The van der Waals surface area contributed by atoms with Gasteiger partial charge in [-0.15, -0.1) is 0 Å². The third-order valence-corrected chi connectivity index (χ3v) is 4.12. The molecular weight excluding hydrogens is 294 g/mol. The maximum absolute atomic E-state index is 11.6. The third kappa shape index (κ3) is 6.30. The average Bonchev–Trinajstić information content (AvgIpc) is 2.32. The molecule has 0 saturated heterocycles. The summed E-state index contributed by atoms with van der Waals surface area (Å²) >= 11 is 5.65. The zero-order valence-electron chi connectivity index (χ0n) is 10.6. The van der Waals surface area contributed by atoms with Crippen LogP contribution in [0.5, 0.6) is 5.75 Å². The second kappa shape index (κ2) is 7.85. The van der Waals surface area contributed by atoms with Gasteiger partial charge in [0.15, 0.2) is 9.84 Å². The van der Waals surface area contributed by atoms with Gasteiger partial charge in [-0.25, -0.2) is 13.2 Å². The molecule has 108 valence electrons. The predicted molar refractivity (Wildman–Crippen MR) is 72.5 cm³/mol. The van der Waals surface area contributed by atoms with Crippen molar-refractivity contribution in [2.24, 2.45) is 0 Å².